The highest BCUT2D eigenvalue weighted by Gasteiger charge is 2.06. The van der Waals surface area contributed by atoms with Gasteiger partial charge in [-0.05, 0) is 46.2 Å². The molecule has 18 heavy (non-hydrogen) atoms. The molecule has 0 spiro atoms. The van der Waals surface area contributed by atoms with E-state index in [0.717, 1.165) is 14.9 Å². The van der Waals surface area contributed by atoms with Crippen LogP contribution in [0, 0.1) is 0 Å². The highest BCUT2D eigenvalue weighted by atomic mass is 79.9. The number of halogens is 2. The molecule has 0 bridgehead atoms. The molecule has 0 unspecified atom stereocenters. The zero-order chi connectivity index (χ0) is 12.5. The van der Waals surface area contributed by atoms with Crippen LogP contribution in [0.1, 0.15) is 0 Å². The van der Waals surface area contributed by atoms with Crippen molar-refractivity contribution in [2.24, 2.45) is 0 Å². The first-order valence-electron chi connectivity index (χ1n) is 5.68. The fourth-order valence-corrected chi connectivity index (χ4v) is 2.74. The first-order valence-corrected chi connectivity index (χ1v) is 6.85. The molecule has 0 fully saturated rings. The SMILES string of the molecule is Clc1cc(-c2ccccc2)c2cc(Br)ccc2c1. The van der Waals surface area contributed by atoms with Gasteiger partial charge in [0, 0.05) is 9.50 Å². The highest BCUT2D eigenvalue weighted by molar-refractivity contribution is 9.10. The van der Waals surface area contributed by atoms with Gasteiger partial charge in [0.15, 0.2) is 0 Å². The second kappa shape index (κ2) is 4.75. The minimum atomic E-state index is 0.767. The molecule has 3 aromatic rings. The Labute approximate surface area is 119 Å². The van der Waals surface area contributed by atoms with Crippen molar-refractivity contribution in [3.63, 3.8) is 0 Å². The van der Waals surface area contributed by atoms with E-state index in [2.05, 4.69) is 40.2 Å². The van der Waals surface area contributed by atoms with Gasteiger partial charge in [-0.3, -0.25) is 0 Å². The highest BCUT2D eigenvalue weighted by Crippen LogP contribution is 2.33. The predicted molar refractivity (Wildman–Crippen MR) is 82.1 cm³/mol. The third-order valence-corrected chi connectivity index (χ3v) is 3.68. The van der Waals surface area contributed by atoms with Crippen LogP contribution in [0.25, 0.3) is 21.9 Å². The van der Waals surface area contributed by atoms with E-state index in [1.54, 1.807) is 0 Å². The Balaban J connectivity index is 2.37. The molecule has 0 radical (unpaired) electrons. The van der Waals surface area contributed by atoms with Crippen LogP contribution in [0.2, 0.25) is 5.02 Å². The summed E-state index contributed by atoms with van der Waals surface area (Å²) < 4.78 is 1.08. The van der Waals surface area contributed by atoms with E-state index >= 15 is 0 Å². The van der Waals surface area contributed by atoms with E-state index in [-0.39, 0.29) is 0 Å². The molecule has 88 valence electrons. The van der Waals surface area contributed by atoms with Gasteiger partial charge in [-0.25, -0.2) is 0 Å². The van der Waals surface area contributed by atoms with Gasteiger partial charge in [0.05, 0.1) is 0 Å². The van der Waals surface area contributed by atoms with E-state index in [1.807, 2.05) is 36.4 Å². The molecule has 0 N–H and O–H groups in total. The Morgan fingerprint density at radius 1 is 0.833 bits per heavy atom. The Hall–Kier alpha value is -1.31. The summed E-state index contributed by atoms with van der Waals surface area (Å²) in [5.74, 6) is 0. The summed E-state index contributed by atoms with van der Waals surface area (Å²) >= 11 is 9.73. The van der Waals surface area contributed by atoms with Gasteiger partial charge >= 0.3 is 0 Å². The molecule has 0 amide bonds. The van der Waals surface area contributed by atoms with Crippen molar-refractivity contribution < 1.29 is 0 Å². The van der Waals surface area contributed by atoms with Crippen LogP contribution in [0.4, 0.5) is 0 Å². The summed E-state index contributed by atoms with van der Waals surface area (Å²) in [5, 5.41) is 3.13. The van der Waals surface area contributed by atoms with Crippen molar-refractivity contribution >= 4 is 38.3 Å². The zero-order valence-corrected chi connectivity index (χ0v) is 11.9. The number of rotatable bonds is 1. The molecule has 0 nitrogen and oxygen atoms in total. The first kappa shape index (κ1) is 11.8. The summed E-state index contributed by atoms with van der Waals surface area (Å²) in [6, 6.07) is 20.6. The molecule has 0 aliphatic carbocycles. The van der Waals surface area contributed by atoms with Crippen LogP contribution in [-0.2, 0) is 0 Å². The monoisotopic (exact) mass is 316 g/mol. The lowest BCUT2D eigenvalue weighted by molar-refractivity contribution is 1.64. The van der Waals surface area contributed by atoms with Gasteiger partial charge < -0.3 is 0 Å². The molecular formula is C16H10BrCl. The summed E-state index contributed by atoms with van der Waals surface area (Å²) in [7, 11) is 0. The average molecular weight is 318 g/mol. The fraction of sp³-hybridized carbons (Fsp3) is 0. The maximum Gasteiger partial charge on any atom is 0.0418 e. The smallest absolute Gasteiger partial charge is 0.0418 e. The minimum Gasteiger partial charge on any atom is -0.0843 e. The van der Waals surface area contributed by atoms with Crippen LogP contribution in [0.3, 0.4) is 0 Å². The van der Waals surface area contributed by atoms with Crippen LogP contribution in [0.15, 0.2) is 65.1 Å². The summed E-state index contributed by atoms with van der Waals surface area (Å²) in [6.45, 7) is 0. The van der Waals surface area contributed by atoms with Gasteiger partial charge in [0.1, 0.15) is 0 Å². The van der Waals surface area contributed by atoms with Crippen LogP contribution < -0.4 is 0 Å². The molecule has 0 atom stereocenters. The third-order valence-electron chi connectivity index (χ3n) is 2.97. The Kier molecular flexibility index (Phi) is 3.11. The molecule has 0 heterocycles. The Morgan fingerprint density at radius 2 is 1.61 bits per heavy atom. The molecule has 0 aromatic heterocycles. The second-order valence-electron chi connectivity index (χ2n) is 4.18. The molecule has 3 aromatic carbocycles. The van der Waals surface area contributed by atoms with Gasteiger partial charge in [0.2, 0.25) is 0 Å². The van der Waals surface area contributed by atoms with Gasteiger partial charge in [-0.15, -0.1) is 0 Å². The van der Waals surface area contributed by atoms with Gasteiger partial charge in [-0.2, -0.15) is 0 Å². The fourth-order valence-electron chi connectivity index (χ4n) is 2.15. The number of hydrogen-bond acceptors (Lipinski definition) is 0. The lowest BCUT2D eigenvalue weighted by Crippen LogP contribution is -1.82. The minimum absolute atomic E-state index is 0.767. The standard InChI is InChI=1S/C16H10BrCl/c17-13-7-6-12-8-14(18)10-16(15(12)9-13)11-4-2-1-3-5-11/h1-10H. The normalized spacial score (nSPS) is 10.8. The molecule has 0 saturated heterocycles. The van der Waals surface area contributed by atoms with E-state index in [0.29, 0.717) is 0 Å². The summed E-state index contributed by atoms with van der Waals surface area (Å²) in [6.07, 6.45) is 0. The molecule has 0 aliphatic heterocycles. The van der Waals surface area contributed by atoms with Crippen molar-refractivity contribution in [2.75, 3.05) is 0 Å². The average Bonchev–Trinajstić information content (AvgIpc) is 2.39. The van der Waals surface area contributed by atoms with E-state index in [1.165, 1.54) is 16.5 Å². The van der Waals surface area contributed by atoms with Crippen molar-refractivity contribution in [1.82, 2.24) is 0 Å². The topological polar surface area (TPSA) is 0 Å². The molecule has 0 saturated carbocycles. The van der Waals surface area contributed by atoms with Crippen molar-refractivity contribution in [2.45, 2.75) is 0 Å². The van der Waals surface area contributed by atoms with Crippen molar-refractivity contribution in [3.8, 4) is 11.1 Å². The van der Waals surface area contributed by atoms with Crippen LogP contribution in [0.5, 0.6) is 0 Å². The van der Waals surface area contributed by atoms with Crippen LogP contribution in [-0.4, -0.2) is 0 Å². The summed E-state index contributed by atoms with van der Waals surface area (Å²) in [5.41, 5.74) is 2.35. The van der Waals surface area contributed by atoms with E-state index < -0.39 is 0 Å². The van der Waals surface area contributed by atoms with E-state index in [9.17, 15) is 0 Å². The third kappa shape index (κ3) is 2.16. The van der Waals surface area contributed by atoms with Crippen LogP contribution >= 0.6 is 27.5 Å². The molecule has 3 rings (SSSR count). The van der Waals surface area contributed by atoms with Gasteiger partial charge in [-0.1, -0.05) is 63.9 Å². The quantitative estimate of drug-likeness (QED) is 0.522. The maximum absolute atomic E-state index is 6.20. The van der Waals surface area contributed by atoms with Crippen molar-refractivity contribution in [1.29, 1.82) is 0 Å². The zero-order valence-electron chi connectivity index (χ0n) is 9.53. The summed E-state index contributed by atoms with van der Waals surface area (Å²) in [4.78, 5) is 0. The Bertz CT molecular complexity index is 705. The van der Waals surface area contributed by atoms with E-state index in [4.69, 9.17) is 11.6 Å². The number of benzene rings is 3. The Morgan fingerprint density at radius 3 is 2.39 bits per heavy atom. The first-order chi connectivity index (χ1) is 8.74. The second-order valence-corrected chi connectivity index (χ2v) is 5.54. The molecule has 0 aliphatic rings. The maximum atomic E-state index is 6.20. The number of fused-ring (bicyclic) bond motifs is 1. The molecular weight excluding hydrogens is 308 g/mol. The molecule has 2 heteroatoms. The van der Waals surface area contributed by atoms with Crippen molar-refractivity contribution in [3.05, 3.63) is 70.2 Å². The largest absolute Gasteiger partial charge is 0.0843 e. The lowest BCUT2D eigenvalue weighted by Gasteiger charge is -2.08. The van der Waals surface area contributed by atoms with Gasteiger partial charge in [0.25, 0.3) is 0 Å². The number of hydrogen-bond donors (Lipinski definition) is 0. The lowest BCUT2D eigenvalue weighted by atomic mass is 9.98. The predicted octanol–water partition coefficient (Wildman–Crippen LogP) is 5.92.